The molecule has 1 aliphatic heterocycles. The first-order valence-electron chi connectivity index (χ1n) is 9.49. The highest BCUT2D eigenvalue weighted by atomic mass is 16.5. The molecule has 7 heteroatoms. The monoisotopic (exact) mass is 385 g/mol. The van der Waals surface area contributed by atoms with E-state index in [1.54, 1.807) is 11.1 Å². The molecule has 1 fully saturated rings. The van der Waals surface area contributed by atoms with Crippen LogP contribution in [-0.2, 0) is 6.61 Å². The van der Waals surface area contributed by atoms with Gasteiger partial charge in [-0.15, -0.1) is 5.10 Å². The first-order valence-corrected chi connectivity index (χ1v) is 9.49. The Hall–Kier alpha value is -3.74. The summed E-state index contributed by atoms with van der Waals surface area (Å²) in [7, 11) is 0. The SMILES string of the molecule is O=C(c1nccc2ccccc12)N1CC(n2cc(COc3ccccc3)nn2)C1. The summed E-state index contributed by atoms with van der Waals surface area (Å²) >= 11 is 0. The lowest BCUT2D eigenvalue weighted by Crippen LogP contribution is -2.51. The van der Waals surface area contributed by atoms with E-state index in [9.17, 15) is 4.79 Å². The molecule has 1 saturated heterocycles. The Morgan fingerprint density at radius 2 is 1.83 bits per heavy atom. The topological polar surface area (TPSA) is 73.1 Å². The van der Waals surface area contributed by atoms with Gasteiger partial charge in [0.25, 0.3) is 5.91 Å². The second-order valence-corrected chi connectivity index (χ2v) is 7.04. The van der Waals surface area contributed by atoms with Crippen molar-refractivity contribution in [3.8, 4) is 5.75 Å². The molecule has 7 nitrogen and oxygen atoms in total. The summed E-state index contributed by atoms with van der Waals surface area (Å²) in [6.45, 7) is 1.54. The Labute approximate surface area is 167 Å². The van der Waals surface area contributed by atoms with E-state index in [4.69, 9.17) is 4.74 Å². The zero-order valence-corrected chi connectivity index (χ0v) is 15.7. The molecule has 0 bridgehead atoms. The number of amides is 1. The molecule has 2 aromatic carbocycles. The number of hydrogen-bond donors (Lipinski definition) is 0. The summed E-state index contributed by atoms with van der Waals surface area (Å²) < 4.78 is 7.52. The minimum atomic E-state index is -0.0502. The van der Waals surface area contributed by atoms with Crippen LogP contribution in [0.5, 0.6) is 5.75 Å². The second-order valence-electron chi connectivity index (χ2n) is 7.04. The van der Waals surface area contributed by atoms with Crippen molar-refractivity contribution in [2.24, 2.45) is 0 Å². The lowest BCUT2D eigenvalue weighted by molar-refractivity contribution is 0.0494. The van der Waals surface area contributed by atoms with Gasteiger partial charge >= 0.3 is 0 Å². The van der Waals surface area contributed by atoms with Crippen LogP contribution in [0.15, 0.2) is 73.1 Å². The average Bonchev–Trinajstić information content (AvgIpc) is 3.20. The molecule has 2 aromatic heterocycles. The average molecular weight is 385 g/mol. The summed E-state index contributed by atoms with van der Waals surface area (Å²) in [5, 5.41) is 10.3. The molecule has 29 heavy (non-hydrogen) atoms. The van der Waals surface area contributed by atoms with E-state index in [0.29, 0.717) is 25.4 Å². The fourth-order valence-corrected chi connectivity index (χ4v) is 3.46. The van der Waals surface area contributed by atoms with Gasteiger partial charge in [0.05, 0.1) is 12.2 Å². The fraction of sp³-hybridized carbons (Fsp3) is 0.182. The molecule has 0 atom stereocenters. The summed E-state index contributed by atoms with van der Waals surface area (Å²) in [5.74, 6) is 0.746. The normalized spacial score (nSPS) is 14.0. The van der Waals surface area contributed by atoms with Crippen LogP contribution in [0.2, 0.25) is 0 Å². The van der Waals surface area contributed by atoms with Gasteiger partial charge in [-0.05, 0) is 23.6 Å². The molecule has 1 aliphatic rings. The molecular weight excluding hydrogens is 366 g/mol. The van der Waals surface area contributed by atoms with Gasteiger partial charge in [0.15, 0.2) is 0 Å². The van der Waals surface area contributed by atoms with Crippen molar-refractivity contribution in [1.29, 1.82) is 0 Å². The Kier molecular flexibility index (Phi) is 4.40. The van der Waals surface area contributed by atoms with Crippen molar-refractivity contribution < 1.29 is 9.53 Å². The molecule has 5 rings (SSSR count). The zero-order valence-electron chi connectivity index (χ0n) is 15.7. The molecule has 0 radical (unpaired) electrons. The summed E-state index contributed by atoms with van der Waals surface area (Å²) in [5.41, 5.74) is 1.26. The van der Waals surface area contributed by atoms with Crippen molar-refractivity contribution in [2.45, 2.75) is 12.6 Å². The van der Waals surface area contributed by atoms with Gasteiger partial charge in [0.1, 0.15) is 23.7 Å². The Balaban J connectivity index is 1.22. The number of carbonyl (C=O) groups is 1. The number of likely N-dealkylation sites (tertiary alicyclic amines) is 1. The minimum Gasteiger partial charge on any atom is -0.487 e. The molecule has 0 unspecified atom stereocenters. The number of nitrogens with zero attached hydrogens (tertiary/aromatic N) is 5. The molecule has 4 aromatic rings. The van der Waals surface area contributed by atoms with Crippen LogP contribution in [0.1, 0.15) is 22.2 Å². The number of aromatic nitrogens is 4. The van der Waals surface area contributed by atoms with Gasteiger partial charge in [0.2, 0.25) is 0 Å². The van der Waals surface area contributed by atoms with Crippen molar-refractivity contribution in [3.63, 3.8) is 0 Å². The lowest BCUT2D eigenvalue weighted by Gasteiger charge is -2.38. The summed E-state index contributed by atoms with van der Waals surface area (Å²) in [6, 6.07) is 19.4. The molecule has 0 saturated carbocycles. The van der Waals surface area contributed by atoms with E-state index >= 15 is 0 Å². The number of fused-ring (bicyclic) bond motifs is 1. The first kappa shape index (κ1) is 17.4. The van der Waals surface area contributed by atoms with Crippen LogP contribution >= 0.6 is 0 Å². The van der Waals surface area contributed by atoms with Crippen molar-refractivity contribution >= 4 is 16.7 Å². The molecule has 3 heterocycles. The Morgan fingerprint density at radius 1 is 1.03 bits per heavy atom. The van der Waals surface area contributed by atoms with Gasteiger partial charge in [-0.3, -0.25) is 9.78 Å². The number of hydrogen-bond acceptors (Lipinski definition) is 5. The van der Waals surface area contributed by atoms with Crippen LogP contribution in [0.25, 0.3) is 10.8 Å². The van der Waals surface area contributed by atoms with Crippen molar-refractivity contribution in [1.82, 2.24) is 24.9 Å². The van der Waals surface area contributed by atoms with Gasteiger partial charge in [0, 0.05) is 24.7 Å². The molecule has 0 aliphatic carbocycles. The van der Waals surface area contributed by atoms with Crippen LogP contribution in [0.3, 0.4) is 0 Å². The second kappa shape index (κ2) is 7.35. The highest BCUT2D eigenvalue weighted by molar-refractivity contribution is 6.05. The molecule has 1 amide bonds. The number of pyridine rings is 1. The van der Waals surface area contributed by atoms with Crippen molar-refractivity contribution in [3.05, 3.63) is 84.4 Å². The van der Waals surface area contributed by atoms with E-state index in [0.717, 1.165) is 22.2 Å². The predicted molar refractivity (Wildman–Crippen MR) is 107 cm³/mol. The Bertz CT molecular complexity index is 1150. The molecule has 0 spiro atoms. The highest BCUT2D eigenvalue weighted by Gasteiger charge is 2.34. The van der Waals surface area contributed by atoms with Crippen LogP contribution in [-0.4, -0.2) is 43.9 Å². The molecule has 144 valence electrons. The van der Waals surface area contributed by atoms with E-state index in [-0.39, 0.29) is 11.9 Å². The van der Waals surface area contributed by atoms with Gasteiger partial charge in [-0.2, -0.15) is 0 Å². The lowest BCUT2D eigenvalue weighted by atomic mass is 10.1. The Morgan fingerprint density at radius 3 is 2.69 bits per heavy atom. The highest BCUT2D eigenvalue weighted by Crippen LogP contribution is 2.25. The van der Waals surface area contributed by atoms with E-state index < -0.39 is 0 Å². The third kappa shape index (κ3) is 3.42. The maximum atomic E-state index is 12.9. The fourth-order valence-electron chi connectivity index (χ4n) is 3.46. The van der Waals surface area contributed by atoms with Gasteiger partial charge in [-0.25, -0.2) is 4.68 Å². The van der Waals surface area contributed by atoms with Gasteiger partial charge in [-0.1, -0.05) is 47.7 Å². The number of rotatable bonds is 5. The third-order valence-electron chi connectivity index (χ3n) is 5.09. The minimum absolute atomic E-state index is 0.0502. The predicted octanol–water partition coefficient (Wildman–Crippen LogP) is 3.10. The standard InChI is InChI=1S/C22H19N5O2/c28-22(21-20-9-5-4-6-16(20)10-11-23-21)26-13-18(14-26)27-12-17(24-25-27)15-29-19-7-2-1-3-8-19/h1-12,18H,13-15H2. The van der Waals surface area contributed by atoms with Crippen LogP contribution in [0, 0.1) is 0 Å². The van der Waals surface area contributed by atoms with E-state index in [2.05, 4.69) is 15.3 Å². The quantitative estimate of drug-likeness (QED) is 0.528. The summed E-state index contributed by atoms with van der Waals surface area (Å²) in [4.78, 5) is 19.0. The number of carbonyl (C=O) groups excluding carboxylic acids is 1. The first-order chi connectivity index (χ1) is 14.3. The van der Waals surface area contributed by atoms with Crippen LogP contribution < -0.4 is 4.74 Å². The summed E-state index contributed by atoms with van der Waals surface area (Å²) in [6.07, 6.45) is 3.56. The largest absolute Gasteiger partial charge is 0.487 e. The third-order valence-corrected chi connectivity index (χ3v) is 5.09. The van der Waals surface area contributed by atoms with Crippen LogP contribution in [0.4, 0.5) is 0 Å². The molecule has 0 N–H and O–H groups in total. The number of benzene rings is 2. The maximum Gasteiger partial charge on any atom is 0.273 e. The zero-order chi connectivity index (χ0) is 19.6. The van der Waals surface area contributed by atoms with E-state index in [1.165, 1.54) is 0 Å². The number of para-hydroxylation sites is 1. The van der Waals surface area contributed by atoms with Crippen molar-refractivity contribution in [2.75, 3.05) is 13.1 Å². The maximum absolute atomic E-state index is 12.9. The van der Waals surface area contributed by atoms with Gasteiger partial charge < -0.3 is 9.64 Å². The molecular formula is C22H19N5O2. The van der Waals surface area contributed by atoms with E-state index in [1.807, 2.05) is 71.5 Å². The number of ether oxygens (including phenoxy) is 1. The smallest absolute Gasteiger partial charge is 0.273 e.